The molecule has 1 aromatic carbocycles. The Balaban J connectivity index is 1.85. The Hall–Kier alpha value is -1.35. The fraction of sp³-hybridized carbons (Fsp3) is 0.438. The number of nitrogens with zero attached hydrogens (tertiary/aromatic N) is 1. The molecule has 1 saturated heterocycles. The van der Waals surface area contributed by atoms with Gasteiger partial charge in [-0.15, -0.1) is 11.3 Å². The molecule has 19 heavy (non-hydrogen) atoms. The predicted molar refractivity (Wildman–Crippen MR) is 80.8 cm³/mol. The fourth-order valence-electron chi connectivity index (χ4n) is 2.76. The van der Waals surface area contributed by atoms with Crippen molar-refractivity contribution in [2.45, 2.75) is 32.1 Å². The number of thiophene rings is 1. The minimum atomic E-state index is 0.222. The van der Waals surface area contributed by atoms with E-state index in [0.29, 0.717) is 0 Å². The van der Waals surface area contributed by atoms with Gasteiger partial charge in [0.2, 0.25) is 0 Å². The molecule has 1 fully saturated rings. The molecule has 1 aliphatic heterocycles. The van der Waals surface area contributed by atoms with Crippen LogP contribution in [-0.4, -0.2) is 23.9 Å². The Bertz CT molecular complexity index is 567. The van der Waals surface area contributed by atoms with Gasteiger partial charge in [0.05, 0.1) is 5.56 Å². The van der Waals surface area contributed by atoms with Crippen molar-refractivity contribution in [3.63, 3.8) is 0 Å². The van der Waals surface area contributed by atoms with Crippen molar-refractivity contribution in [2.75, 3.05) is 13.1 Å². The highest BCUT2D eigenvalue weighted by atomic mass is 32.1. The van der Waals surface area contributed by atoms with Crippen LogP contribution >= 0.6 is 11.3 Å². The van der Waals surface area contributed by atoms with Crippen molar-refractivity contribution < 1.29 is 4.79 Å². The largest absolute Gasteiger partial charge is 0.339 e. The summed E-state index contributed by atoms with van der Waals surface area (Å²) in [5.74, 6) is 0.222. The lowest BCUT2D eigenvalue weighted by molar-refractivity contribution is 0.0745. The Morgan fingerprint density at radius 1 is 1.00 bits per heavy atom. The quantitative estimate of drug-likeness (QED) is 0.758. The van der Waals surface area contributed by atoms with Gasteiger partial charge in [-0.05, 0) is 18.9 Å². The molecule has 0 saturated carbocycles. The zero-order valence-corrected chi connectivity index (χ0v) is 11.9. The van der Waals surface area contributed by atoms with Crippen LogP contribution in [-0.2, 0) is 0 Å². The minimum Gasteiger partial charge on any atom is -0.339 e. The van der Waals surface area contributed by atoms with Crippen molar-refractivity contribution in [2.24, 2.45) is 0 Å². The van der Waals surface area contributed by atoms with E-state index in [4.69, 9.17) is 0 Å². The van der Waals surface area contributed by atoms with E-state index in [0.717, 1.165) is 36.9 Å². The summed E-state index contributed by atoms with van der Waals surface area (Å²) in [6.07, 6.45) is 6.13. The molecule has 0 atom stereocenters. The highest BCUT2D eigenvalue weighted by Crippen LogP contribution is 2.27. The van der Waals surface area contributed by atoms with Crippen molar-refractivity contribution >= 4 is 27.3 Å². The lowest BCUT2D eigenvalue weighted by atomic mass is 10.1. The number of rotatable bonds is 1. The second kappa shape index (κ2) is 5.74. The number of amides is 1. The summed E-state index contributed by atoms with van der Waals surface area (Å²) in [6, 6.07) is 8.19. The van der Waals surface area contributed by atoms with E-state index >= 15 is 0 Å². The number of hydrogen-bond donors (Lipinski definition) is 0. The fourth-order valence-corrected chi connectivity index (χ4v) is 3.70. The summed E-state index contributed by atoms with van der Waals surface area (Å²) in [7, 11) is 0. The van der Waals surface area contributed by atoms with Crippen LogP contribution in [0.5, 0.6) is 0 Å². The van der Waals surface area contributed by atoms with Gasteiger partial charge in [-0.1, -0.05) is 37.5 Å². The molecule has 1 amide bonds. The van der Waals surface area contributed by atoms with Crippen LogP contribution in [0.3, 0.4) is 0 Å². The molecule has 3 rings (SSSR count). The Morgan fingerprint density at radius 3 is 2.47 bits per heavy atom. The van der Waals surface area contributed by atoms with Gasteiger partial charge in [-0.2, -0.15) is 0 Å². The highest BCUT2D eigenvalue weighted by Gasteiger charge is 2.19. The summed E-state index contributed by atoms with van der Waals surface area (Å²) in [6.45, 7) is 1.84. The maximum absolute atomic E-state index is 12.7. The molecule has 0 unspecified atom stereocenters. The molecule has 0 aliphatic carbocycles. The maximum Gasteiger partial charge on any atom is 0.255 e. The van der Waals surface area contributed by atoms with Crippen LogP contribution in [0.4, 0.5) is 0 Å². The van der Waals surface area contributed by atoms with Crippen LogP contribution < -0.4 is 0 Å². The molecule has 2 heterocycles. The molecule has 3 heteroatoms. The van der Waals surface area contributed by atoms with Gasteiger partial charge >= 0.3 is 0 Å². The van der Waals surface area contributed by atoms with Gasteiger partial charge in [0.15, 0.2) is 0 Å². The number of carbonyl (C=O) groups is 1. The lowest BCUT2D eigenvalue weighted by Gasteiger charge is -2.24. The molecule has 0 spiro atoms. The van der Waals surface area contributed by atoms with E-state index < -0.39 is 0 Å². The number of fused-ring (bicyclic) bond motifs is 1. The summed E-state index contributed by atoms with van der Waals surface area (Å²) in [4.78, 5) is 14.7. The minimum absolute atomic E-state index is 0.222. The molecule has 0 radical (unpaired) electrons. The van der Waals surface area contributed by atoms with Gasteiger partial charge in [-0.25, -0.2) is 0 Å². The number of hydrogen-bond acceptors (Lipinski definition) is 2. The van der Waals surface area contributed by atoms with Gasteiger partial charge in [0.25, 0.3) is 5.91 Å². The number of benzene rings is 1. The van der Waals surface area contributed by atoms with Crippen molar-refractivity contribution in [3.05, 3.63) is 35.2 Å². The summed E-state index contributed by atoms with van der Waals surface area (Å²) < 4.78 is 1.21. The smallest absolute Gasteiger partial charge is 0.255 e. The molecule has 2 nitrogen and oxygen atoms in total. The first-order chi connectivity index (χ1) is 9.36. The monoisotopic (exact) mass is 273 g/mol. The molecule has 1 aromatic heterocycles. The van der Waals surface area contributed by atoms with Crippen LogP contribution in [0.15, 0.2) is 29.6 Å². The number of carbonyl (C=O) groups excluding carboxylic acids is 1. The first kappa shape index (κ1) is 12.7. The molecular formula is C16H19NOS. The van der Waals surface area contributed by atoms with Crippen LogP contribution in [0.1, 0.15) is 42.5 Å². The first-order valence-corrected chi connectivity index (χ1v) is 8.00. The van der Waals surface area contributed by atoms with Crippen molar-refractivity contribution in [3.8, 4) is 0 Å². The molecular weight excluding hydrogens is 254 g/mol. The normalized spacial score (nSPS) is 17.2. The topological polar surface area (TPSA) is 20.3 Å². The van der Waals surface area contributed by atoms with Crippen LogP contribution in [0.25, 0.3) is 10.1 Å². The Morgan fingerprint density at radius 2 is 1.68 bits per heavy atom. The van der Waals surface area contributed by atoms with E-state index in [2.05, 4.69) is 12.1 Å². The zero-order valence-electron chi connectivity index (χ0n) is 11.1. The van der Waals surface area contributed by atoms with E-state index in [1.165, 1.54) is 24.0 Å². The first-order valence-electron chi connectivity index (χ1n) is 7.12. The summed E-state index contributed by atoms with van der Waals surface area (Å²) in [5.41, 5.74) is 0.890. The van der Waals surface area contributed by atoms with Gasteiger partial charge in [-0.3, -0.25) is 4.79 Å². The van der Waals surface area contributed by atoms with Crippen LogP contribution in [0, 0.1) is 0 Å². The Labute approximate surface area is 118 Å². The molecule has 100 valence electrons. The summed E-state index contributed by atoms with van der Waals surface area (Å²) >= 11 is 1.67. The number of likely N-dealkylation sites (tertiary alicyclic amines) is 1. The molecule has 0 bridgehead atoms. The highest BCUT2D eigenvalue weighted by molar-refractivity contribution is 7.17. The van der Waals surface area contributed by atoms with E-state index in [1.54, 1.807) is 11.3 Å². The van der Waals surface area contributed by atoms with Crippen molar-refractivity contribution in [1.82, 2.24) is 4.90 Å². The standard InChI is InChI=1S/C16H19NOS/c18-16(17-10-6-2-1-3-7-11-17)14-12-19-15-9-5-4-8-13(14)15/h4-5,8-9,12H,1-3,6-7,10-11H2. The third-order valence-electron chi connectivity index (χ3n) is 3.85. The van der Waals surface area contributed by atoms with E-state index in [-0.39, 0.29) is 5.91 Å². The summed E-state index contributed by atoms with van der Waals surface area (Å²) in [5, 5.41) is 3.13. The second-order valence-electron chi connectivity index (χ2n) is 5.21. The third kappa shape index (κ3) is 2.66. The third-order valence-corrected chi connectivity index (χ3v) is 4.82. The Kier molecular flexibility index (Phi) is 3.83. The van der Waals surface area contributed by atoms with Crippen LogP contribution in [0.2, 0.25) is 0 Å². The maximum atomic E-state index is 12.7. The average Bonchev–Trinajstić information content (AvgIpc) is 2.81. The predicted octanol–water partition coefficient (Wildman–Crippen LogP) is 4.31. The zero-order chi connectivity index (χ0) is 13.1. The van der Waals surface area contributed by atoms with Gasteiger partial charge in [0.1, 0.15) is 0 Å². The van der Waals surface area contributed by atoms with E-state index in [9.17, 15) is 4.79 Å². The van der Waals surface area contributed by atoms with Crippen molar-refractivity contribution in [1.29, 1.82) is 0 Å². The van der Waals surface area contributed by atoms with E-state index in [1.807, 2.05) is 22.4 Å². The lowest BCUT2D eigenvalue weighted by Crippen LogP contribution is -2.33. The second-order valence-corrected chi connectivity index (χ2v) is 6.12. The molecule has 2 aromatic rings. The van der Waals surface area contributed by atoms with Gasteiger partial charge < -0.3 is 4.90 Å². The SMILES string of the molecule is O=C(c1csc2ccccc12)N1CCCCCCC1. The van der Waals surface area contributed by atoms with Gasteiger partial charge in [0, 0.05) is 28.6 Å². The molecule has 1 aliphatic rings. The molecule has 0 N–H and O–H groups in total. The average molecular weight is 273 g/mol.